The maximum atomic E-state index is 11.7. The van der Waals surface area contributed by atoms with Crippen LogP contribution in [0.25, 0.3) is 0 Å². The minimum absolute atomic E-state index is 0.0788. The normalized spacial score (nSPS) is 16.9. The summed E-state index contributed by atoms with van der Waals surface area (Å²) in [6, 6.07) is -0.0788. The Morgan fingerprint density at radius 1 is 1.29 bits per heavy atom. The van der Waals surface area contributed by atoms with Crippen LogP contribution in [0.2, 0.25) is 0 Å². The summed E-state index contributed by atoms with van der Waals surface area (Å²) < 4.78 is 0. The maximum Gasteiger partial charge on any atom is 0.317 e. The Balaban J connectivity index is 2.19. The number of likely N-dealkylation sites (tertiary alicyclic amines) is 1. The highest BCUT2D eigenvalue weighted by Gasteiger charge is 2.26. The summed E-state index contributed by atoms with van der Waals surface area (Å²) in [6.07, 6.45) is 2.01. The van der Waals surface area contributed by atoms with Gasteiger partial charge in [0.1, 0.15) is 0 Å². The van der Waals surface area contributed by atoms with Crippen molar-refractivity contribution >= 4 is 12.0 Å². The van der Waals surface area contributed by atoms with Crippen molar-refractivity contribution in [1.29, 1.82) is 0 Å². The van der Waals surface area contributed by atoms with Crippen molar-refractivity contribution in [1.82, 2.24) is 15.5 Å². The zero-order chi connectivity index (χ0) is 12.7. The molecule has 1 aliphatic heterocycles. The number of amides is 2. The summed E-state index contributed by atoms with van der Waals surface area (Å²) in [5.41, 5.74) is 0. The van der Waals surface area contributed by atoms with Gasteiger partial charge in [0, 0.05) is 19.6 Å². The number of carbonyl (C=O) groups is 2. The number of nitrogens with zero attached hydrogens (tertiary/aromatic N) is 1. The van der Waals surface area contributed by atoms with Gasteiger partial charge in [0.2, 0.25) is 0 Å². The summed E-state index contributed by atoms with van der Waals surface area (Å²) in [5, 5.41) is 14.7. The molecular formula is C11H21N3O3. The van der Waals surface area contributed by atoms with Gasteiger partial charge in [-0.2, -0.15) is 0 Å². The van der Waals surface area contributed by atoms with E-state index in [1.807, 2.05) is 7.05 Å². The van der Waals surface area contributed by atoms with Crippen LogP contribution in [-0.2, 0) is 4.79 Å². The van der Waals surface area contributed by atoms with Gasteiger partial charge in [-0.3, -0.25) is 4.79 Å². The second-order valence-electron chi connectivity index (χ2n) is 4.29. The first-order valence-corrected chi connectivity index (χ1v) is 6.05. The molecule has 6 heteroatoms. The molecule has 1 rings (SSSR count). The molecule has 0 aliphatic carbocycles. The molecule has 17 heavy (non-hydrogen) atoms. The Morgan fingerprint density at radius 3 is 2.47 bits per heavy atom. The third-order valence-corrected chi connectivity index (χ3v) is 3.01. The third kappa shape index (κ3) is 4.60. The molecule has 1 aliphatic rings. The van der Waals surface area contributed by atoms with Crippen molar-refractivity contribution in [3.05, 3.63) is 0 Å². The molecule has 0 atom stereocenters. The van der Waals surface area contributed by atoms with Crippen LogP contribution in [0.5, 0.6) is 0 Å². The molecule has 98 valence electrons. The molecule has 6 nitrogen and oxygen atoms in total. The van der Waals surface area contributed by atoms with Gasteiger partial charge in [-0.1, -0.05) is 0 Å². The van der Waals surface area contributed by atoms with Crippen LogP contribution in [0.3, 0.4) is 0 Å². The quantitative estimate of drug-likeness (QED) is 0.598. The van der Waals surface area contributed by atoms with Crippen LogP contribution < -0.4 is 10.6 Å². The highest BCUT2D eigenvalue weighted by Crippen LogP contribution is 2.16. The van der Waals surface area contributed by atoms with Crippen LogP contribution in [0, 0.1) is 5.92 Å². The lowest BCUT2D eigenvalue weighted by Crippen LogP contribution is -2.45. The lowest BCUT2D eigenvalue weighted by molar-refractivity contribution is -0.143. The van der Waals surface area contributed by atoms with Crippen molar-refractivity contribution in [2.24, 2.45) is 5.92 Å². The van der Waals surface area contributed by atoms with Crippen molar-refractivity contribution in [2.75, 3.05) is 33.2 Å². The van der Waals surface area contributed by atoms with E-state index in [4.69, 9.17) is 5.11 Å². The summed E-state index contributed by atoms with van der Waals surface area (Å²) >= 11 is 0. The minimum Gasteiger partial charge on any atom is -0.481 e. The summed E-state index contributed by atoms with van der Waals surface area (Å²) in [5.74, 6) is -1.04. The van der Waals surface area contributed by atoms with Crippen LogP contribution >= 0.6 is 0 Å². The van der Waals surface area contributed by atoms with Gasteiger partial charge in [-0.05, 0) is 32.9 Å². The maximum absolute atomic E-state index is 11.7. The average Bonchev–Trinajstić information content (AvgIpc) is 2.34. The van der Waals surface area contributed by atoms with E-state index in [-0.39, 0.29) is 11.9 Å². The zero-order valence-electron chi connectivity index (χ0n) is 10.2. The molecule has 1 saturated heterocycles. The molecule has 1 fully saturated rings. The van der Waals surface area contributed by atoms with Crippen molar-refractivity contribution in [3.8, 4) is 0 Å². The Bertz CT molecular complexity index is 263. The fourth-order valence-corrected chi connectivity index (χ4v) is 1.90. The highest BCUT2D eigenvalue weighted by atomic mass is 16.4. The van der Waals surface area contributed by atoms with E-state index in [1.165, 1.54) is 0 Å². The predicted octanol–water partition coefficient (Wildman–Crippen LogP) is 0.102. The molecule has 0 unspecified atom stereocenters. The highest BCUT2D eigenvalue weighted by molar-refractivity contribution is 5.75. The standard InChI is InChI=1S/C11H21N3O3/c1-12-5-2-6-13-11(17)14-7-3-9(4-8-14)10(15)16/h9,12H,2-8H2,1H3,(H,13,17)(H,15,16). The molecular weight excluding hydrogens is 222 g/mol. The Hall–Kier alpha value is -1.30. The number of carboxylic acids is 1. The van der Waals surface area contributed by atoms with Crippen LogP contribution in [-0.4, -0.2) is 55.2 Å². The Kier molecular flexibility index (Phi) is 5.76. The van der Waals surface area contributed by atoms with Gasteiger partial charge in [0.05, 0.1) is 5.92 Å². The molecule has 3 N–H and O–H groups in total. The van der Waals surface area contributed by atoms with E-state index in [0.29, 0.717) is 32.5 Å². The first-order chi connectivity index (χ1) is 8.15. The number of hydrogen-bond donors (Lipinski definition) is 3. The van der Waals surface area contributed by atoms with Gasteiger partial charge in [0.15, 0.2) is 0 Å². The van der Waals surface area contributed by atoms with Crippen molar-refractivity contribution in [3.63, 3.8) is 0 Å². The largest absolute Gasteiger partial charge is 0.481 e. The Labute approximate surface area is 101 Å². The number of nitrogens with one attached hydrogen (secondary N) is 2. The number of piperidine rings is 1. The van der Waals surface area contributed by atoms with Crippen molar-refractivity contribution in [2.45, 2.75) is 19.3 Å². The second kappa shape index (κ2) is 7.11. The number of carboxylic acid groups (broad SMARTS) is 1. The lowest BCUT2D eigenvalue weighted by atomic mass is 9.97. The molecule has 1 heterocycles. The average molecular weight is 243 g/mol. The van der Waals surface area contributed by atoms with Gasteiger partial charge in [0.25, 0.3) is 0 Å². The number of urea groups is 1. The van der Waals surface area contributed by atoms with Crippen LogP contribution in [0.4, 0.5) is 4.79 Å². The van der Waals surface area contributed by atoms with Gasteiger partial charge in [-0.25, -0.2) is 4.79 Å². The predicted molar refractivity (Wildman–Crippen MR) is 63.9 cm³/mol. The molecule has 2 amide bonds. The van der Waals surface area contributed by atoms with Crippen LogP contribution in [0.1, 0.15) is 19.3 Å². The third-order valence-electron chi connectivity index (χ3n) is 3.01. The van der Waals surface area contributed by atoms with E-state index in [1.54, 1.807) is 4.90 Å². The first kappa shape index (κ1) is 13.8. The topological polar surface area (TPSA) is 81.7 Å². The second-order valence-corrected chi connectivity index (χ2v) is 4.29. The van der Waals surface area contributed by atoms with Crippen molar-refractivity contribution < 1.29 is 14.7 Å². The van der Waals surface area contributed by atoms with E-state index in [0.717, 1.165) is 13.0 Å². The molecule has 0 aromatic heterocycles. The minimum atomic E-state index is -0.751. The molecule has 0 spiro atoms. The fraction of sp³-hybridized carbons (Fsp3) is 0.818. The lowest BCUT2D eigenvalue weighted by Gasteiger charge is -2.30. The number of aliphatic carboxylic acids is 1. The van der Waals surface area contributed by atoms with Gasteiger partial charge < -0.3 is 20.6 Å². The monoisotopic (exact) mass is 243 g/mol. The fourth-order valence-electron chi connectivity index (χ4n) is 1.90. The van der Waals surface area contributed by atoms with Gasteiger partial charge in [-0.15, -0.1) is 0 Å². The van der Waals surface area contributed by atoms with Gasteiger partial charge >= 0.3 is 12.0 Å². The van der Waals surface area contributed by atoms with E-state index >= 15 is 0 Å². The number of rotatable bonds is 5. The number of hydrogen-bond acceptors (Lipinski definition) is 3. The summed E-state index contributed by atoms with van der Waals surface area (Å²) in [7, 11) is 1.87. The first-order valence-electron chi connectivity index (χ1n) is 6.05. The molecule has 0 aromatic carbocycles. The smallest absolute Gasteiger partial charge is 0.317 e. The molecule has 0 radical (unpaired) electrons. The molecule has 0 saturated carbocycles. The summed E-state index contributed by atoms with van der Waals surface area (Å²) in [6.45, 7) is 2.60. The van der Waals surface area contributed by atoms with Crippen LogP contribution in [0.15, 0.2) is 0 Å². The zero-order valence-corrected chi connectivity index (χ0v) is 10.2. The van der Waals surface area contributed by atoms with E-state index in [2.05, 4.69) is 10.6 Å². The Morgan fingerprint density at radius 2 is 1.94 bits per heavy atom. The van der Waals surface area contributed by atoms with E-state index in [9.17, 15) is 9.59 Å². The molecule has 0 aromatic rings. The van der Waals surface area contributed by atoms with E-state index < -0.39 is 5.97 Å². The number of carbonyl (C=O) groups excluding carboxylic acids is 1. The SMILES string of the molecule is CNCCCNC(=O)N1CCC(C(=O)O)CC1. The molecule has 0 bridgehead atoms. The summed E-state index contributed by atoms with van der Waals surface area (Å²) in [4.78, 5) is 24.1.